The molecular formula is C15H29NO2. The molecule has 0 aromatic rings. The van der Waals surface area contributed by atoms with E-state index in [-0.39, 0.29) is 6.10 Å². The molecule has 0 radical (unpaired) electrons. The molecule has 0 amide bonds. The van der Waals surface area contributed by atoms with Crippen molar-refractivity contribution in [3.63, 3.8) is 0 Å². The maximum atomic E-state index is 10.3. The zero-order chi connectivity index (χ0) is 13.3. The van der Waals surface area contributed by atoms with Gasteiger partial charge < -0.3 is 15.1 Å². The first kappa shape index (κ1) is 14.3. The summed E-state index contributed by atoms with van der Waals surface area (Å²) in [4.78, 5) is 2.43. The highest BCUT2D eigenvalue weighted by molar-refractivity contribution is 4.88. The summed E-state index contributed by atoms with van der Waals surface area (Å²) in [6, 6.07) is 0. The van der Waals surface area contributed by atoms with Crippen molar-refractivity contribution in [2.75, 3.05) is 19.6 Å². The van der Waals surface area contributed by atoms with Crippen molar-refractivity contribution >= 4 is 0 Å². The summed E-state index contributed by atoms with van der Waals surface area (Å²) in [6.07, 6.45) is 3.79. The molecule has 3 heteroatoms. The summed E-state index contributed by atoms with van der Waals surface area (Å²) in [7, 11) is 0. The van der Waals surface area contributed by atoms with E-state index in [1.54, 1.807) is 0 Å². The lowest BCUT2D eigenvalue weighted by Gasteiger charge is -2.42. The Morgan fingerprint density at radius 1 is 1.17 bits per heavy atom. The van der Waals surface area contributed by atoms with Crippen LogP contribution < -0.4 is 0 Å². The van der Waals surface area contributed by atoms with Crippen molar-refractivity contribution in [1.29, 1.82) is 0 Å². The number of aliphatic hydroxyl groups is 2. The predicted octanol–water partition coefficient (Wildman–Crippen LogP) is 1.88. The number of nitrogens with zero attached hydrogens (tertiary/aromatic N) is 1. The van der Waals surface area contributed by atoms with E-state index in [4.69, 9.17) is 0 Å². The minimum absolute atomic E-state index is 0.133. The summed E-state index contributed by atoms with van der Waals surface area (Å²) in [5.74, 6) is 1.70. The van der Waals surface area contributed by atoms with Crippen molar-refractivity contribution in [3.8, 4) is 0 Å². The standard InChI is InChI=1S/C15H29NO2/c1-11-8-12(2)13(14(17)9-11)10-16-6-4-15(3,18)5-7-16/h11-14,17-18H,4-10H2,1-3H3. The average Bonchev–Trinajstić information content (AvgIpc) is 2.25. The highest BCUT2D eigenvalue weighted by Crippen LogP contribution is 2.35. The molecule has 1 saturated heterocycles. The Bertz CT molecular complexity index is 258. The molecule has 1 saturated carbocycles. The van der Waals surface area contributed by atoms with Crippen molar-refractivity contribution in [1.82, 2.24) is 4.90 Å². The molecule has 4 unspecified atom stereocenters. The Hall–Kier alpha value is -0.120. The van der Waals surface area contributed by atoms with Gasteiger partial charge in [-0.2, -0.15) is 0 Å². The molecule has 18 heavy (non-hydrogen) atoms. The second-order valence-corrected chi connectivity index (χ2v) is 7.08. The lowest BCUT2D eigenvalue weighted by atomic mass is 9.73. The van der Waals surface area contributed by atoms with Gasteiger partial charge in [0.15, 0.2) is 0 Å². The van der Waals surface area contributed by atoms with E-state index >= 15 is 0 Å². The molecule has 106 valence electrons. The summed E-state index contributed by atoms with van der Waals surface area (Å²) in [6.45, 7) is 9.41. The molecule has 1 aliphatic carbocycles. The fraction of sp³-hybridized carbons (Fsp3) is 1.00. The van der Waals surface area contributed by atoms with Gasteiger partial charge in [0.05, 0.1) is 11.7 Å². The van der Waals surface area contributed by atoms with Gasteiger partial charge in [-0.05, 0) is 44.4 Å². The van der Waals surface area contributed by atoms with Gasteiger partial charge in [0, 0.05) is 25.6 Å². The highest BCUT2D eigenvalue weighted by Gasteiger charge is 2.35. The normalized spacial score (nSPS) is 41.8. The molecule has 0 bridgehead atoms. The predicted molar refractivity (Wildman–Crippen MR) is 73.4 cm³/mol. The Balaban J connectivity index is 1.86. The van der Waals surface area contributed by atoms with Crippen LogP contribution in [0.4, 0.5) is 0 Å². The van der Waals surface area contributed by atoms with Crippen LogP contribution in [0.2, 0.25) is 0 Å². The molecule has 1 aliphatic heterocycles. The average molecular weight is 255 g/mol. The van der Waals surface area contributed by atoms with E-state index in [2.05, 4.69) is 18.7 Å². The van der Waals surface area contributed by atoms with Gasteiger partial charge in [0.1, 0.15) is 0 Å². The molecule has 0 spiro atoms. The number of likely N-dealkylation sites (tertiary alicyclic amines) is 1. The Labute approximate surface area is 111 Å². The zero-order valence-corrected chi connectivity index (χ0v) is 12.1. The smallest absolute Gasteiger partial charge is 0.0644 e. The largest absolute Gasteiger partial charge is 0.393 e. The molecule has 2 rings (SSSR count). The van der Waals surface area contributed by atoms with Crippen LogP contribution >= 0.6 is 0 Å². The summed E-state index contributed by atoms with van der Waals surface area (Å²) < 4.78 is 0. The van der Waals surface area contributed by atoms with Crippen LogP contribution in [0.25, 0.3) is 0 Å². The topological polar surface area (TPSA) is 43.7 Å². The second-order valence-electron chi connectivity index (χ2n) is 7.08. The number of hydrogen-bond donors (Lipinski definition) is 2. The molecule has 0 aromatic heterocycles. The van der Waals surface area contributed by atoms with Crippen LogP contribution in [0.5, 0.6) is 0 Å². The van der Waals surface area contributed by atoms with Crippen molar-refractivity contribution in [3.05, 3.63) is 0 Å². The third-order valence-electron chi connectivity index (χ3n) is 5.05. The third kappa shape index (κ3) is 3.46. The lowest BCUT2D eigenvalue weighted by molar-refractivity contribution is -0.0356. The number of rotatable bonds is 2. The molecule has 2 N–H and O–H groups in total. The summed E-state index contributed by atoms with van der Waals surface area (Å²) >= 11 is 0. The molecule has 2 fully saturated rings. The van der Waals surface area contributed by atoms with Crippen molar-refractivity contribution in [2.45, 2.75) is 58.2 Å². The van der Waals surface area contributed by atoms with E-state index in [9.17, 15) is 10.2 Å². The van der Waals surface area contributed by atoms with Gasteiger partial charge in [-0.1, -0.05) is 13.8 Å². The molecule has 0 aromatic carbocycles. The zero-order valence-electron chi connectivity index (χ0n) is 12.1. The van der Waals surface area contributed by atoms with Crippen LogP contribution in [-0.2, 0) is 0 Å². The summed E-state index contributed by atoms with van der Waals surface area (Å²) in [5, 5.41) is 20.2. The van der Waals surface area contributed by atoms with E-state index in [1.165, 1.54) is 6.42 Å². The van der Waals surface area contributed by atoms with Gasteiger partial charge >= 0.3 is 0 Å². The fourth-order valence-electron chi connectivity index (χ4n) is 3.69. The molecule has 4 atom stereocenters. The second kappa shape index (κ2) is 5.48. The van der Waals surface area contributed by atoms with E-state index in [0.29, 0.717) is 17.8 Å². The fourth-order valence-corrected chi connectivity index (χ4v) is 3.69. The minimum Gasteiger partial charge on any atom is -0.393 e. The van der Waals surface area contributed by atoms with Crippen LogP contribution in [0.3, 0.4) is 0 Å². The van der Waals surface area contributed by atoms with Crippen LogP contribution in [0, 0.1) is 17.8 Å². The van der Waals surface area contributed by atoms with Crippen molar-refractivity contribution < 1.29 is 10.2 Å². The minimum atomic E-state index is -0.470. The highest BCUT2D eigenvalue weighted by atomic mass is 16.3. The van der Waals surface area contributed by atoms with Crippen LogP contribution in [-0.4, -0.2) is 46.5 Å². The monoisotopic (exact) mass is 255 g/mol. The first-order valence-corrected chi connectivity index (χ1v) is 7.50. The first-order valence-electron chi connectivity index (χ1n) is 7.50. The Kier molecular flexibility index (Phi) is 4.35. The molecular weight excluding hydrogens is 226 g/mol. The van der Waals surface area contributed by atoms with Crippen molar-refractivity contribution in [2.24, 2.45) is 17.8 Å². The van der Waals surface area contributed by atoms with Crippen LogP contribution in [0.15, 0.2) is 0 Å². The Morgan fingerprint density at radius 2 is 1.78 bits per heavy atom. The lowest BCUT2D eigenvalue weighted by Crippen LogP contribution is -2.48. The van der Waals surface area contributed by atoms with Crippen LogP contribution in [0.1, 0.15) is 46.5 Å². The van der Waals surface area contributed by atoms with Gasteiger partial charge in [-0.15, -0.1) is 0 Å². The maximum absolute atomic E-state index is 10.3. The quantitative estimate of drug-likeness (QED) is 0.792. The SMILES string of the molecule is CC1CC(C)C(CN2CCC(C)(O)CC2)C(O)C1. The maximum Gasteiger partial charge on any atom is 0.0644 e. The first-order chi connectivity index (χ1) is 8.37. The molecule has 3 nitrogen and oxygen atoms in total. The van der Waals surface area contributed by atoms with E-state index in [0.717, 1.165) is 38.9 Å². The Morgan fingerprint density at radius 3 is 2.33 bits per heavy atom. The number of piperidine rings is 1. The van der Waals surface area contributed by atoms with Gasteiger partial charge in [-0.3, -0.25) is 0 Å². The van der Waals surface area contributed by atoms with Gasteiger partial charge in [0.25, 0.3) is 0 Å². The number of hydrogen-bond acceptors (Lipinski definition) is 3. The molecule has 1 heterocycles. The van der Waals surface area contributed by atoms with E-state index in [1.807, 2.05) is 6.92 Å². The van der Waals surface area contributed by atoms with E-state index < -0.39 is 5.60 Å². The number of aliphatic hydroxyl groups excluding tert-OH is 1. The third-order valence-corrected chi connectivity index (χ3v) is 5.05. The molecule has 2 aliphatic rings. The van der Waals surface area contributed by atoms with Gasteiger partial charge in [0.2, 0.25) is 0 Å². The van der Waals surface area contributed by atoms with Gasteiger partial charge in [-0.25, -0.2) is 0 Å². The summed E-state index contributed by atoms with van der Waals surface area (Å²) in [5.41, 5.74) is -0.470.